The van der Waals surface area contributed by atoms with Gasteiger partial charge in [0.15, 0.2) is 5.78 Å². The number of Topliss-reactive ketones (excluding diaryl/α,β-unsaturated/α-hetero) is 1. The van der Waals surface area contributed by atoms with Crippen molar-refractivity contribution in [3.63, 3.8) is 0 Å². The van der Waals surface area contributed by atoms with Crippen molar-refractivity contribution in [1.29, 1.82) is 0 Å². The summed E-state index contributed by atoms with van der Waals surface area (Å²) in [6, 6.07) is 1.61. The van der Waals surface area contributed by atoms with Gasteiger partial charge in [0.2, 0.25) is 0 Å². The van der Waals surface area contributed by atoms with Crippen LogP contribution in [0, 0.1) is 0 Å². The lowest BCUT2D eigenvalue weighted by molar-refractivity contribution is 0.0910. The van der Waals surface area contributed by atoms with Gasteiger partial charge in [0.05, 0.1) is 12.1 Å². The zero-order valence-corrected chi connectivity index (χ0v) is 8.93. The van der Waals surface area contributed by atoms with Gasteiger partial charge in [-0.1, -0.05) is 0 Å². The molecule has 82 valence electrons. The van der Waals surface area contributed by atoms with E-state index in [9.17, 15) is 4.79 Å². The molecule has 5 nitrogen and oxygen atoms in total. The molecule has 2 heterocycles. The average Bonchev–Trinajstić information content (AvgIpc) is 2.84. The number of nitrogens with zero attached hydrogens (tertiary/aromatic N) is 2. The van der Waals surface area contributed by atoms with Gasteiger partial charge in [0, 0.05) is 26.9 Å². The monoisotopic (exact) mass is 209 g/mol. The largest absolute Gasteiger partial charge is 0.380 e. The third kappa shape index (κ3) is 1.93. The molecule has 1 aliphatic rings. The molecule has 15 heavy (non-hydrogen) atoms. The number of hydrogen-bond donors (Lipinski definition) is 1. The molecule has 2 unspecified atom stereocenters. The molecule has 1 aromatic heterocycles. The summed E-state index contributed by atoms with van der Waals surface area (Å²) in [4.78, 5) is 12.0. The number of nitrogens with one attached hydrogen (secondary N) is 1. The van der Waals surface area contributed by atoms with Gasteiger partial charge in [-0.25, -0.2) is 0 Å². The van der Waals surface area contributed by atoms with Crippen molar-refractivity contribution in [3.05, 3.63) is 18.0 Å². The van der Waals surface area contributed by atoms with E-state index in [1.165, 1.54) is 0 Å². The maximum atomic E-state index is 12.0. The first kappa shape index (κ1) is 10.3. The summed E-state index contributed by atoms with van der Waals surface area (Å²) >= 11 is 0. The number of hydrogen-bond acceptors (Lipinski definition) is 4. The van der Waals surface area contributed by atoms with Crippen LogP contribution in [0.15, 0.2) is 12.3 Å². The minimum atomic E-state index is -0.134. The quantitative estimate of drug-likeness (QED) is 0.711. The normalized spacial score (nSPS) is 25.7. The molecule has 0 spiro atoms. The molecule has 1 aromatic rings. The van der Waals surface area contributed by atoms with E-state index >= 15 is 0 Å². The van der Waals surface area contributed by atoms with Crippen LogP contribution in [0.4, 0.5) is 0 Å². The standard InChI is InChI=1S/C10H15N3O2/c1-13-9(3-4-12-13)10(14)8-5-7(15-2)6-11-8/h3-4,7-8,11H,5-6H2,1-2H3. The van der Waals surface area contributed by atoms with Crippen molar-refractivity contribution in [2.75, 3.05) is 13.7 Å². The Kier molecular flexibility index (Phi) is 2.83. The summed E-state index contributed by atoms with van der Waals surface area (Å²) in [5.74, 6) is 0.0922. The highest BCUT2D eigenvalue weighted by Crippen LogP contribution is 2.14. The number of aromatic nitrogens is 2. The Labute approximate surface area is 88.4 Å². The molecule has 0 bridgehead atoms. The predicted octanol–water partition coefficient (Wildman–Crippen LogP) is -0.0203. The zero-order valence-electron chi connectivity index (χ0n) is 8.93. The van der Waals surface area contributed by atoms with Gasteiger partial charge in [-0.05, 0) is 12.5 Å². The van der Waals surface area contributed by atoms with E-state index in [1.54, 1.807) is 31.1 Å². The van der Waals surface area contributed by atoms with Gasteiger partial charge in [0.25, 0.3) is 0 Å². The van der Waals surface area contributed by atoms with Crippen molar-refractivity contribution in [1.82, 2.24) is 15.1 Å². The summed E-state index contributed by atoms with van der Waals surface area (Å²) in [5.41, 5.74) is 0.643. The lowest BCUT2D eigenvalue weighted by Crippen LogP contribution is -2.32. The van der Waals surface area contributed by atoms with Crippen LogP contribution in [0.3, 0.4) is 0 Å². The van der Waals surface area contributed by atoms with E-state index in [4.69, 9.17) is 4.74 Å². The average molecular weight is 209 g/mol. The van der Waals surface area contributed by atoms with Crippen molar-refractivity contribution in [2.24, 2.45) is 7.05 Å². The molecular weight excluding hydrogens is 194 g/mol. The van der Waals surface area contributed by atoms with E-state index in [0.29, 0.717) is 5.69 Å². The number of carbonyl (C=O) groups is 1. The topological polar surface area (TPSA) is 56.1 Å². The lowest BCUT2D eigenvalue weighted by atomic mass is 10.1. The highest BCUT2D eigenvalue weighted by atomic mass is 16.5. The fourth-order valence-corrected chi connectivity index (χ4v) is 1.88. The first-order valence-corrected chi connectivity index (χ1v) is 5.00. The second-order valence-corrected chi connectivity index (χ2v) is 3.76. The third-order valence-corrected chi connectivity index (χ3v) is 2.81. The molecule has 1 aliphatic heterocycles. The number of ketones is 1. The Morgan fingerprint density at radius 2 is 2.53 bits per heavy atom. The SMILES string of the molecule is COC1CNC(C(=O)c2ccnn2C)C1. The number of carbonyl (C=O) groups excluding carboxylic acids is 1. The second kappa shape index (κ2) is 4.12. The summed E-state index contributed by atoms with van der Waals surface area (Å²) in [5, 5.41) is 7.14. The molecule has 2 atom stereocenters. The third-order valence-electron chi connectivity index (χ3n) is 2.81. The Morgan fingerprint density at radius 3 is 3.07 bits per heavy atom. The van der Waals surface area contributed by atoms with Crippen LogP contribution in [0.5, 0.6) is 0 Å². The molecule has 0 aromatic carbocycles. The van der Waals surface area contributed by atoms with E-state index in [-0.39, 0.29) is 17.9 Å². The fourth-order valence-electron chi connectivity index (χ4n) is 1.88. The van der Waals surface area contributed by atoms with Crippen LogP contribution in [0.2, 0.25) is 0 Å². The van der Waals surface area contributed by atoms with E-state index in [2.05, 4.69) is 10.4 Å². The molecule has 2 rings (SSSR count). The Balaban J connectivity index is 2.07. The number of methoxy groups -OCH3 is 1. The van der Waals surface area contributed by atoms with E-state index < -0.39 is 0 Å². The van der Waals surface area contributed by atoms with Gasteiger partial charge >= 0.3 is 0 Å². The Hall–Kier alpha value is -1.20. The molecule has 0 aliphatic carbocycles. The fraction of sp³-hybridized carbons (Fsp3) is 0.600. The molecule has 5 heteroatoms. The van der Waals surface area contributed by atoms with Gasteiger partial charge < -0.3 is 10.1 Å². The maximum Gasteiger partial charge on any atom is 0.197 e. The van der Waals surface area contributed by atoms with Crippen molar-refractivity contribution >= 4 is 5.78 Å². The Morgan fingerprint density at radius 1 is 1.73 bits per heavy atom. The Bertz CT molecular complexity index is 361. The van der Waals surface area contributed by atoms with Crippen molar-refractivity contribution < 1.29 is 9.53 Å². The molecule has 0 amide bonds. The van der Waals surface area contributed by atoms with Gasteiger partial charge in [-0.2, -0.15) is 5.10 Å². The summed E-state index contributed by atoms with van der Waals surface area (Å²) in [6.07, 6.45) is 2.52. The lowest BCUT2D eigenvalue weighted by Gasteiger charge is -2.08. The van der Waals surface area contributed by atoms with Crippen LogP contribution in [-0.2, 0) is 11.8 Å². The van der Waals surface area contributed by atoms with Gasteiger partial charge in [0.1, 0.15) is 5.69 Å². The summed E-state index contributed by atoms with van der Waals surface area (Å²) in [6.45, 7) is 0.741. The predicted molar refractivity (Wildman–Crippen MR) is 54.7 cm³/mol. The van der Waals surface area contributed by atoms with Crippen LogP contribution < -0.4 is 5.32 Å². The molecule has 0 saturated carbocycles. The summed E-state index contributed by atoms with van der Waals surface area (Å²) < 4.78 is 6.80. The second-order valence-electron chi connectivity index (χ2n) is 3.76. The minimum absolute atomic E-state index is 0.0922. The van der Waals surface area contributed by atoms with Crippen LogP contribution >= 0.6 is 0 Å². The first-order valence-electron chi connectivity index (χ1n) is 5.00. The minimum Gasteiger partial charge on any atom is -0.380 e. The molecule has 1 fully saturated rings. The highest BCUT2D eigenvalue weighted by Gasteiger charge is 2.30. The molecular formula is C10H15N3O2. The zero-order chi connectivity index (χ0) is 10.8. The highest BCUT2D eigenvalue weighted by molar-refractivity contribution is 5.98. The van der Waals surface area contributed by atoms with Gasteiger partial charge in [-0.3, -0.25) is 9.48 Å². The van der Waals surface area contributed by atoms with Gasteiger partial charge in [-0.15, -0.1) is 0 Å². The smallest absolute Gasteiger partial charge is 0.197 e. The van der Waals surface area contributed by atoms with Crippen LogP contribution in [0.1, 0.15) is 16.9 Å². The van der Waals surface area contributed by atoms with E-state index in [1.807, 2.05) is 0 Å². The van der Waals surface area contributed by atoms with E-state index in [0.717, 1.165) is 13.0 Å². The number of rotatable bonds is 3. The van der Waals surface area contributed by atoms with Crippen LogP contribution in [0.25, 0.3) is 0 Å². The number of aryl methyl sites for hydroxylation is 1. The van der Waals surface area contributed by atoms with Crippen molar-refractivity contribution in [3.8, 4) is 0 Å². The van der Waals surface area contributed by atoms with Crippen molar-refractivity contribution in [2.45, 2.75) is 18.6 Å². The maximum absolute atomic E-state index is 12.0. The molecule has 1 saturated heterocycles. The summed E-state index contributed by atoms with van der Waals surface area (Å²) in [7, 11) is 3.44. The molecule has 1 N–H and O–H groups in total. The number of ether oxygens (including phenoxy) is 1. The molecule has 0 radical (unpaired) electrons. The first-order chi connectivity index (χ1) is 7.22. The van der Waals surface area contributed by atoms with Crippen LogP contribution in [-0.4, -0.2) is 41.4 Å².